The lowest BCUT2D eigenvalue weighted by Gasteiger charge is -2.43. The maximum absolute atomic E-state index is 7.01. The molecule has 1 heterocycles. The Hall–Kier alpha value is -1.64. The predicted octanol–water partition coefficient (Wildman–Crippen LogP) is 5.80. The summed E-state index contributed by atoms with van der Waals surface area (Å²) in [5, 5.41) is 2.61. The topological polar surface area (TPSA) is 18.5 Å². The number of benzene rings is 2. The van der Waals surface area contributed by atoms with E-state index in [-0.39, 0.29) is 17.2 Å². The van der Waals surface area contributed by atoms with Gasteiger partial charge in [0.1, 0.15) is 0 Å². The van der Waals surface area contributed by atoms with E-state index in [2.05, 4.69) is 115 Å². The van der Waals surface area contributed by atoms with Crippen molar-refractivity contribution in [3.63, 3.8) is 0 Å². The molecule has 0 amide bonds. The Morgan fingerprint density at radius 2 is 1.55 bits per heavy atom. The number of halogens is 1. The van der Waals surface area contributed by atoms with Crippen molar-refractivity contribution < 1.29 is 9.16 Å². The van der Waals surface area contributed by atoms with E-state index >= 15 is 0 Å². The van der Waals surface area contributed by atoms with Gasteiger partial charge in [-0.3, -0.25) is 0 Å². The van der Waals surface area contributed by atoms with E-state index in [1.165, 1.54) is 15.9 Å². The van der Waals surface area contributed by atoms with Crippen molar-refractivity contribution in [1.29, 1.82) is 0 Å². The van der Waals surface area contributed by atoms with E-state index in [4.69, 9.17) is 9.16 Å². The number of hydrogen-bond donors (Lipinski definition) is 0. The molecule has 0 aliphatic carbocycles. The molecule has 0 saturated carbocycles. The lowest BCUT2D eigenvalue weighted by Crippen LogP contribution is -2.66. The van der Waals surface area contributed by atoms with E-state index < -0.39 is 8.32 Å². The molecule has 0 bridgehead atoms. The molecule has 2 aromatic carbocycles. The maximum Gasteiger partial charge on any atom is 0.261 e. The highest BCUT2D eigenvalue weighted by Crippen LogP contribution is 2.37. The third-order valence-electron chi connectivity index (χ3n) is 5.99. The van der Waals surface area contributed by atoms with Crippen molar-refractivity contribution in [3.05, 3.63) is 72.8 Å². The highest BCUT2D eigenvalue weighted by Gasteiger charge is 2.50. The summed E-state index contributed by atoms with van der Waals surface area (Å²) in [4.78, 5) is 2.79. The van der Waals surface area contributed by atoms with Crippen LogP contribution in [0.5, 0.6) is 0 Å². The molecule has 1 aliphatic rings. The molecule has 4 heteroatoms. The first-order chi connectivity index (χ1) is 14.9. The second kappa shape index (κ2) is 10.8. The van der Waals surface area contributed by atoms with Crippen LogP contribution in [-0.4, -0.2) is 27.1 Å². The van der Waals surface area contributed by atoms with Gasteiger partial charge in [-0.15, -0.1) is 0 Å². The van der Waals surface area contributed by atoms with Crippen molar-refractivity contribution in [1.82, 2.24) is 0 Å². The van der Waals surface area contributed by atoms with Crippen LogP contribution in [0.15, 0.2) is 72.8 Å². The first-order valence-corrected chi connectivity index (χ1v) is 13.7. The summed E-state index contributed by atoms with van der Waals surface area (Å²) in [6.45, 7) is 11.8. The van der Waals surface area contributed by atoms with E-state index in [9.17, 15) is 0 Å². The molecule has 0 N–H and O–H groups in total. The Balaban J connectivity index is 1.83. The van der Waals surface area contributed by atoms with Crippen LogP contribution in [0.1, 0.15) is 46.5 Å². The first-order valence-electron chi connectivity index (χ1n) is 11.0. The van der Waals surface area contributed by atoms with Crippen molar-refractivity contribution in [2.75, 3.05) is 6.61 Å². The lowest BCUT2D eigenvalue weighted by molar-refractivity contribution is -0.0369. The Labute approximate surface area is 197 Å². The summed E-state index contributed by atoms with van der Waals surface area (Å²) in [6, 6.07) is 21.6. The van der Waals surface area contributed by atoms with Crippen LogP contribution in [0.2, 0.25) is 5.04 Å². The molecule has 1 aliphatic heterocycles. The van der Waals surface area contributed by atoms with Gasteiger partial charge < -0.3 is 9.16 Å². The van der Waals surface area contributed by atoms with Gasteiger partial charge in [-0.05, 0) is 39.5 Å². The molecule has 1 saturated heterocycles. The third kappa shape index (κ3) is 5.78. The lowest BCUT2D eigenvalue weighted by atomic mass is 9.96. The van der Waals surface area contributed by atoms with Gasteiger partial charge in [0.05, 0.1) is 12.2 Å². The average molecular weight is 498 g/mol. The molecule has 2 atom stereocenters. The molecule has 2 aromatic rings. The van der Waals surface area contributed by atoms with Gasteiger partial charge in [0.15, 0.2) is 0 Å². The zero-order valence-electron chi connectivity index (χ0n) is 18.9. The second-order valence-electron chi connectivity index (χ2n) is 9.31. The quantitative estimate of drug-likeness (QED) is 0.273. The van der Waals surface area contributed by atoms with Gasteiger partial charge in [0.25, 0.3) is 8.32 Å². The number of hydrogen-bond acceptors (Lipinski definition) is 2. The van der Waals surface area contributed by atoms with Crippen molar-refractivity contribution in [2.45, 2.75) is 63.7 Å². The molecular formula is C27H33BrO2Si. The minimum absolute atomic E-state index is 0.0132. The van der Waals surface area contributed by atoms with Gasteiger partial charge in [-0.1, -0.05) is 99.5 Å². The fourth-order valence-corrected chi connectivity index (χ4v) is 9.38. The molecule has 3 rings (SSSR count). The van der Waals surface area contributed by atoms with Crippen LogP contribution in [-0.2, 0) is 9.16 Å². The van der Waals surface area contributed by atoms with Gasteiger partial charge in [-0.25, -0.2) is 0 Å². The summed E-state index contributed by atoms with van der Waals surface area (Å²) < 4.78 is 13.3. The Bertz CT molecular complexity index is 869. The molecule has 0 aromatic heterocycles. The average Bonchev–Trinajstić information content (AvgIpc) is 2.75. The summed E-state index contributed by atoms with van der Waals surface area (Å²) in [6.07, 6.45) is 3.67. The Kier molecular flexibility index (Phi) is 8.35. The van der Waals surface area contributed by atoms with Gasteiger partial charge in [0.2, 0.25) is 0 Å². The minimum Gasteiger partial charge on any atom is -0.407 e. The van der Waals surface area contributed by atoms with Crippen LogP contribution in [0.4, 0.5) is 0 Å². The third-order valence-corrected chi connectivity index (χ3v) is 11.3. The normalized spacial score (nSPS) is 19.5. The SMILES string of the molecule is C=C1C[C@H](CC#CBr)O[C@@H](CCO[Si](c2ccccc2)(c2ccccc2)C(C)(C)C)C1. The highest BCUT2D eigenvalue weighted by atomic mass is 79.9. The largest absolute Gasteiger partial charge is 0.407 e. The number of rotatable bonds is 7. The molecule has 0 spiro atoms. The van der Waals surface area contributed by atoms with Gasteiger partial charge in [0, 0.05) is 29.0 Å². The zero-order chi connectivity index (χ0) is 22.3. The van der Waals surface area contributed by atoms with E-state index in [0.717, 1.165) is 25.7 Å². The van der Waals surface area contributed by atoms with Crippen molar-refractivity contribution in [2.24, 2.45) is 0 Å². The van der Waals surface area contributed by atoms with Crippen molar-refractivity contribution >= 4 is 34.6 Å². The van der Waals surface area contributed by atoms with Crippen LogP contribution < -0.4 is 10.4 Å². The fraction of sp³-hybridized carbons (Fsp3) is 0.407. The maximum atomic E-state index is 7.01. The smallest absolute Gasteiger partial charge is 0.261 e. The molecule has 0 radical (unpaired) electrons. The Morgan fingerprint density at radius 3 is 2.06 bits per heavy atom. The van der Waals surface area contributed by atoms with E-state index in [0.29, 0.717) is 6.61 Å². The van der Waals surface area contributed by atoms with Crippen LogP contribution in [0, 0.1) is 10.8 Å². The van der Waals surface area contributed by atoms with E-state index in [1.54, 1.807) is 0 Å². The number of ether oxygens (including phenoxy) is 1. The molecule has 1 fully saturated rings. The second-order valence-corrected chi connectivity index (χ2v) is 14.0. The van der Waals surface area contributed by atoms with E-state index in [1.807, 2.05) is 0 Å². The monoisotopic (exact) mass is 496 g/mol. The summed E-state index contributed by atoms with van der Waals surface area (Å²) >= 11 is 3.18. The molecule has 2 nitrogen and oxygen atoms in total. The van der Waals surface area contributed by atoms with Gasteiger partial charge >= 0.3 is 0 Å². The molecule has 164 valence electrons. The molecule has 31 heavy (non-hydrogen) atoms. The van der Waals surface area contributed by atoms with Crippen molar-refractivity contribution in [3.8, 4) is 10.8 Å². The highest BCUT2D eigenvalue weighted by molar-refractivity contribution is 9.12. The Morgan fingerprint density at radius 1 is 1.00 bits per heavy atom. The fourth-order valence-electron chi connectivity index (χ4n) is 4.64. The summed E-state index contributed by atoms with van der Waals surface area (Å²) in [5.74, 6) is 3.08. The molecule has 0 unspecified atom stereocenters. The van der Waals surface area contributed by atoms with Crippen LogP contribution in [0.25, 0.3) is 0 Å². The standard InChI is InChI=1S/C27H33BrO2Si/c1-22-20-23(12-11-18-28)30-24(21-22)17-19-29-31(27(2,3)4,25-13-7-5-8-14-25)26-15-9-6-10-16-26/h5-10,13-16,23-24H,1,12,17,19-21H2,2-4H3/t23-,24-/m0/s1. The van der Waals surface area contributed by atoms with Gasteiger partial charge in [-0.2, -0.15) is 0 Å². The van der Waals surface area contributed by atoms with Crippen LogP contribution >= 0.6 is 15.9 Å². The molecular weight excluding hydrogens is 464 g/mol. The first kappa shape index (κ1) is 24.0. The summed E-state index contributed by atoms with van der Waals surface area (Å²) in [5.41, 5.74) is 1.25. The predicted molar refractivity (Wildman–Crippen MR) is 137 cm³/mol. The van der Waals surface area contributed by atoms with Crippen LogP contribution in [0.3, 0.4) is 0 Å². The minimum atomic E-state index is -2.50. The summed E-state index contributed by atoms with van der Waals surface area (Å²) in [7, 11) is -2.50. The zero-order valence-corrected chi connectivity index (χ0v) is 21.5.